The summed E-state index contributed by atoms with van der Waals surface area (Å²) in [4.78, 5) is 13.0. The van der Waals surface area contributed by atoms with E-state index in [0.717, 1.165) is 26.2 Å². The van der Waals surface area contributed by atoms with Gasteiger partial charge in [0.1, 0.15) is 16.5 Å². The molecule has 2 aromatic carbocycles. The summed E-state index contributed by atoms with van der Waals surface area (Å²) in [5.74, 6) is 0.958. The Balaban J connectivity index is 1.49. The van der Waals surface area contributed by atoms with Crippen molar-refractivity contribution in [3.05, 3.63) is 60.3 Å². The number of aromatic nitrogens is 2. The summed E-state index contributed by atoms with van der Waals surface area (Å²) < 4.78 is 31.0. The lowest BCUT2D eigenvalue weighted by atomic mass is 10.2. The zero-order chi connectivity index (χ0) is 22.0. The molecule has 0 aliphatic carbocycles. The van der Waals surface area contributed by atoms with Gasteiger partial charge in [-0.25, -0.2) is 13.4 Å². The number of rotatable bonds is 5. The van der Waals surface area contributed by atoms with Crippen molar-refractivity contribution in [1.82, 2.24) is 9.97 Å². The van der Waals surface area contributed by atoms with Crippen molar-refractivity contribution < 1.29 is 13.2 Å². The molecule has 3 aromatic rings. The molecule has 31 heavy (non-hydrogen) atoms. The fourth-order valence-corrected chi connectivity index (χ4v) is 4.80. The number of sulfone groups is 1. The maximum Gasteiger partial charge on any atom is 0.227 e. The quantitative estimate of drug-likeness (QED) is 0.647. The molecule has 1 fully saturated rings. The number of nitrogens with zero attached hydrogens (tertiary/aromatic N) is 4. The van der Waals surface area contributed by atoms with E-state index in [4.69, 9.17) is 10.5 Å². The van der Waals surface area contributed by atoms with Gasteiger partial charge in [-0.3, -0.25) is 0 Å². The molecule has 8 nitrogen and oxygen atoms in total. The molecule has 2 N–H and O–H groups in total. The number of hydrogen-bond donors (Lipinski definition) is 1. The van der Waals surface area contributed by atoms with Gasteiger partial charge in [0, 0.05) is 31.9 Å². The van der Waals surface area contributed by atoms with Gasteiger partial charge in [0.05, 0.1) is 18.2 Å². The first-order valence-corrected chi connectivity index (χ1v) is 11.4. The van der Waals surface area contributed by atoms with E-state index in [9.17, 15) is 8.42 Å². The molecule has 162 valence electrons. The second-order valence-corrected chi connectivity index (χ2v) is 9.33. The third-order valence-corrected chi connectivity index (χ3v) is 7.18. The minimum atomic E-state index is -3.82. The molecule has 0 radical (unpaired) electrons. The van der Waals surface area contributed by atoms with Crippen LogP contribution in [0.3, 0.4) is 0 Å². The van der Waals surface area contributed by atoms with Crippen LogP contribution >= 0.6 is 0 Å². The van der Waals surface area contributed by atoms with Crippen molar-refractivity contribution >= 4 is 27.3 Å². The van der Waals surface area contributed by atoms with Gasteiger partial charge in [0.25, 0.3) is 0 Å². The van der Waals surface area contributed by atoms with E-state index >= 15 is 0 Å². The lowest BCUT2D eigenvalue weighted by Crippen LogP contribution is -2.47. The van der Waals surface area contributed by atoms with Gasteiger partial charge in [-0.1, -0.05) is 17.7 Å². The standard InChI is InChI=1S/C22H25N5O3S/c1-16-3-5-17(6-4-16)26-11-13-27(14-12-26)22-24-15-20(21(23)25-22)31(28,29)19-9-7-18(30-2)8-10-19/h3-10,15H,11-14H2,1-2H3,(H2,23,24,25). The smallest absolute Gasteiger partial charge is 0.227 e. The highest BCUT2D eigenvalue weighted by Crippen LogP contribution is 2.27. The highest BCUT2D eigenvalue weighted by molar-refractivity contribution is 7.91. The van der Waals surface area contributed by atoms with Crippen LogP contribution < -0.4 is 20.3 Å². The number of piperazine rings is 1. The molecule has 1 saturated heterocycles. The van der Waals surface area contributed by atoms with Crippen LogP contribution in [0.5, 0.6) is 5.75 Å². The molecule has 0 bridgehead atoms. The monoisotopic (exact) mass is 439 g/mol. The fourth-order valence-electron chi connectivity index (χ4n) is 3.54. The second kappa shape index (κ2) is 8.43. The highest BCUT2D eigenvalue weighted by atomic mass is 32.2. The maximum atomic E-state index is 12.9. The average molecular weight is 440 g/mol. The molecule has 2 heterocycles. The summed E-state index contributed by atoms with van der Waals surface area (Å²) in [7, 11) is -2.30. The summed E-state index contributed by atoms with van der Waals surface area (Å²) in [6, 6.07) is 14.6. The second-order valence-electron chi connectivity index (χ2n) is 7.41. The summed E-state index contributed by atoms with van der Waals surface area (Å²) in [6.07, 6.45) is 1.30. The lowest BCUT2D eigenvalue weighted by Gasteiger charge is -2.36. The van der Waals surface area contributed by atoms with E-state index in [1.807, 2.05) is 4.90 Å². The zero-order valence-corrected chi connectivity index (χ0v) is 18.3. The molecule has 0 saturated carbocycles. The predicted octanol–water partition coefficient (Wildman–Crippen LogP) is 2.54. The van der Waals surface area contributed by atoms with Crippen LogP contribution in [-0.2, 0) is 9.84 Å². The van der Waals surface area contributed by atoms with E-state index in [2.05, 4.69) is 46.1 Å². The van der Waals surface area contributed by atoms with Crippen LogP contribution in [0.15, 0.2) is 64.5 Å². The molecule has 1 aliphatic rings. The highest BCUT2D eigenvalue weighted by Gasteiger charge is 2.25. The minimum Gasteiger partial charge on any atom is -0.497 e. The Morgan fingerprint density at radius 2 is 1.55 bits per heavy atom. The summed E-state index contributed by atoms with van der Waals surface area (Å²) in [5, 5.41) is 0. The number of methoxy groups -OCH3 is 1. The van der Waals surface area contributed by atoms with Crippen molar-refractivity contribution in [3.8, 4) is 5.75 Å². The Kier molecular flexibility index (Phi) is 5.69. The van der Waals surface area contributed by atoms with Gasteiger partial charge in [0.15, 0.2) is 0 Å². The molecule has 1 aromatic heterocycles. The number of benzene rings is 2. The molecule has 0 unspecified atom stereocenters. The number of ether oxygens (including phenoxy) is 1. The topological polar surface area (TPSA) is 102 Å². The molecule has 9 heteroatoms. The minimum absolute atomic E-state index is 0.0539. The fraction of sp³-hybridized carbons (Fsp3) is 0.273. The third kappa shape index (κ3) is 4.27. The van der Waals surface area contributed by atoms with Gasteiger partial charge < -0.3 is 20.3 Å². The Bertz CT molecular complexity index is 1160. The molecular weight excluding hydrogens is 414 g/mol. The molecule has 4 rings (SSSR count). The number of nitrogen functional groups attached to an aromatic ring is 1. The van der Waals surface area contributed by atoms with Gasteiger partial charge in [-0.05, 0) is 43.3 Å². The van der Waals surface area contributed by atoms with Gasteiger partial charge in [-0.2, -0.15) is 4.98 Å². The largest absolute Gasteiger partial charge is 0.497 e. The van der Waals surface area contributed by atoms with Gasteiger partial charge in [-0.15, -0.1) is 0 Å². The molecule has 1 aliphatic heterocycles. The van der Waals surface area contributed by atoms with Crippen LogP contribution in [0.4, 0.5) is 17.5 Å². The Hall–Kier alpha value is -3.33. The molecule has 0 spiro atoms. The first-order valence-electron chi connectivity index (χ1n) is 9.97. The molecule has 0 amide bonds. The first kappa shape index (κ1) is 20.9. The Morgan fingerprint density at radius 1 is 0.935 bits per heavy atom. The van der Waals surface area contributed by atoms with Crippen molar-refractivity contribution in [2.45, 2.75) is 16.7 Å². The number of anilines is 3. The number of aryl methyl sites for hydroxylation is 1. The maximum absolute atomic E-state index is 12.9. The van der Waals surface area contributed by atoms with Crippen LogP contribution in [0, 0.1) is 6.92 Å². The summed E-state index contributed by atoms with van der Waals surface area (Å²) in [5.41, 5.74) is 8.47. The van der Waals surface area contributed by atoms with Crippen LogP contribution in [0.25, 0.3) is 0 Å². The predicted molar refractivity (Wildman–Crippen MR) is 120 cm³/mol. The summed E-state index contributed by atoms with van der Waals surface area (Å²) in [6.45, 7) is 5.15. The van der Waals surface area contributed by atoms with Gasteiger partial charge in [0.2, 0.25) is 15.8 Å². The van der Waals surface area contributed by atoms with Crippen LogP contribution in [0.2, 0.25) is 0 Å². The Labute approximate surface area is 182 Å². The van der Waals surface area contributed by atoms with Gasteiger partial charge >= 0.3 is 0 Å². The normalized spacial score (nSPS) is 14.5. The molecular formula is C22H25N5O3S. The van der Waals surface area contributed by atoms with Crippen molar-refractivity contribution in [2.75, 3.05) is 48.8 Å². The van der Waals surface area contributed by atoms with E-state index in [-0.39, 0.29) is 15.6 Å². The number of nitrogens with two attached hydrogens (primary N) is 1. The van der Waals surface area contributed by atoms with Crippen LogP contribution in [-0.4, -0.2) is 51.7 Å². The van der Waals surface area contributed by atoms with Crippen molar-refractivity contribution in [1.29, 1.82) is 0 Å². The van der Waals surface area contributed by atoms with E-state index in [1.54, 1.807) is 12.1 Å². The average Bonchev–Trinajstić information content (AvgIpc) is 2.79. The van der Waals surface area contributed by atoms with Crippen molar-refractivity contribution in [2.24, 2.45) is 0 Å². The van der Waals surface area contributed by atoms with E-state index in [0.29, 0.717) is 11.7 Å². The third-order valence-electron chi connectivity index (χ3n) is 5.39. The van der Waals surface area contributed by atoms with Crippen molar-refractivity contribution in [3.63, 3.8) is 0 Å². The zero-order valence-electron chi connectivity index (χ0n) is 17.5. The first-order chi connectivity index (χ1) is 14.9. The molecule has 0 atom stereocenters. The lowest BCUT2D eigenvalue weighted by molar-refractivity contribution is 0.414. The Morgan fingerprint density at radius 3 is 2.13 bits per heavy atom. The van der Waals surface area contributed by atoms with E-state index < -0.39 is 9.84 Å². The number of hydrogen-bond acceptors (Lipinski definition) is 8. The van der Waals surface area contributed by atoms with Crippen LogP contribution in [0.1, 0.15) is 5.56 Å². The summed E-state index contributed by atoms with van der Waals surface area (Å²) >= 11 is 0. The SMILES string of the molecule is COc1ccc(S(=O)(=O)c2cnc(N3CCN(c4ccc(C)cc4)CC3)nc2N)cc1. The van der Waals surface area contributed by atoms with E-state index in [1.165, 1.54) is 36.7 Å².